The second-order valence-corrected chi connectivity index (χ2v) is 6.27. The lowest BCUT2D eigenvalue weighted by Gasteiger charge is -2.12. The number of hydrogen-bond acceptors (Lipinski definition) is 4. The van der Waals surface area contributed by atoms with Gasteiger partial charge in [0, 0.05) is 17.0 Å². The Balaban J connectivity index is 0.00000176. The SMILES string of the molecule is Cc1nc([C@H]2C[C@@H](N)[C@H](O)C2)n(-c2cc(Cl)ccc2Cl)n1.Cl. The number of aromatic nitrogens is 3. The Bertz CT molecular complexity index is 666. The standard InChI is InChI=1S/C14H16Cl2N4O.ClH/c1-7-18-14(8-4-11(17)13(21)5-8)20(19-7)12-6-9(15)2-3-10(12)16;/h2-3,6,8,11,13,21H,4-5,17H2,1H3;1H/t8-,11+,13+;/m0./s1. The molecule has 3 atom stereocenters. The summed E-state index contributed by atoms with van der Waals surface area (Å²) in [7, 11) is 0. The number of benzene rings is 1. The van der Waals surface area contributed by atoms with Crippen molar-refractivity contribution in [1.29, 1.82) is 0 Å². The van der Waals surface area contributed by atoms with E-state index >= 15 is 0 Å². The van der Waals surface area contributed by atoms with Gasteiger partial charge in [0.1, 0.15) is 11.6 Å². The number of halogens is 3. The normalized spacial score (nSPS) is 24.3. The summed E-state index contributed by atoms with van der Waals surface area (Å²) in [6, 6.07) is 4.99. The van der Waals surface area contributed by atoms with Crippen LogP contribution in [0.5, 0.6) is 0 Å². The molecule has 1 aliphatic carbocycles. The Hall–Kier alpha value is -0.850. The van der Waals surface area contributed by atoms with Crippen LogP contribution in [0, 0.1) is 6.92 Å². The molecule has 5 nitrogen and oxygen atoms in total. The van der Waals surface area contributed by atoms with Crippen molar-refractivity contribution in [2.75, 3.05) is 0 Å². The van der Waals surface area contributed by atoms with Crippen LogP contribution >= 0.6 is 35.6 Å². The summed E-state index contributed by atoms with van der Waals surface area (Å²) in [6.07, 6.45) is 0.755. The molecular formula is C14H17Cl3N4O. The fourth-order valence-corrected chi connectivity index (χ4v) is 3.14. The zero-order valence-corrected chi connectivity index (χ0v) is 14.2. The second-order valence-electron chi connectivity index (χ2n) is 5.42. The number of rotatable bonds is 2. The first-order valence-corrected chi connectivity index (χ1v) is 7.54. The van der Waals surface area contributed by atoms with E-state index in [1.807, 2.05) is 6.92 Å². The lowest BCUT2D eigenvalue weighted by molar-refractivity contribution is 0.163. The largest absolute Gasteiger partial charge is 0.391 e. The van der Waals surface area contributed by atoms with Crippen LogP contribution in [0.4, 0.5) is 0 Å². The minimum Gasteiger partial charge on any atom is -0.391 e. The Morgan fingerprint density at radius 1 is 1.32 bits per heavy atom. The molecule has 1 fully saturated rings. The topological polar surface area (TPSA) is 77.0 Å². The molecule has 3 rings (SSSR count). The Morgan fingerprint density at radius 2 is 2.05 bits per heavy atom. The summed E-state index contributed by atoms with van der Waals surface area (Å²) >= 11 is 12.3. The first-order valence-electron chi connectivity index (χ1n) is 6.78. The molecule has 0 saturated heterocycles. The van der Waals surface area contributed by atoms with Crippen LogP contribution in [0.3, 0.4) is 0 Å². The summed E-state index contributed by atoms with van der Waals surface area (Å²) in [6.45, 7) is 1.82. The van der Waals surface area contributed by atoms with E-state index in [0.717, 1.165) is 5.82 Å². The van der Waals surface area contributed by atoms with E-state index in [9.17, 15) is 5.11 Å². The summed E-state index contributed by atoms with van der Waals surface area (Å²) in [5, 5.41) is 15.4. The number of aliphatic hydroxyl groups is 1. The number of aliphatic hydroxyl groups excluding tert-OH is 1. The van der Waals surface area contributed by atoms with Gasteiger partial charge in [0.2, 0.25) is 0 Å². The van der Waals surface area contributed by atoms with Crippen molar-refractivity contribution in [1.82, 2.24) is 14.8 Å². The maximum atomic E-state index is 9.87. The molecule has 3 N–H and O–H groups in total. The van der Waals surface area contributed by atoms with Gasteiger partial charge in [-0.15, -0.1) is 12.4 Å². The fourth-order valence-electron chi connectivity index (χ4n) is 2.78. The maximum absolute atomic E-state index is 9.87. The first kappa shape index (κ1) is 17.5. The molecular weight excluding hydrogens is 347 g/mol. The molecule has 1 heterocycles. The highest BCUT2D eigenvalue weighted by molar-refractivity contribution is 6.34. The monoisotopic (exact) mass is 362 g/mol. The van der Waals surface area contributed by atoms with Gasteiger partial charge in [-0.2, -0.15) is 5.10 Å². The minimum atomic E-state index is -0.504. The third kappa shape index (κ3) is 3.24. The molecule has 0 aliphatic heterocycles. The van der Waals surface area contributed by atoms with Crippen LogP contribution in [0.2, 0.25) is 10.0 Å². The van der Waals surface area contributed by atoms with Gasteiger partial charge in [-0.25, -0.2) is 9.67 Å². The van der Waals surface area contributed by atoms with E-state index in [-0.39, 0.29) is 24.4 Å². The maximum Gasteiger partial charge on any atom is 0.148 e. The van der Waals surface area contributed by atoms with E-state index in [0.29, 0.717) is 34.4 Å². The van der Waals surface area contributed by atoms with Gasteiger partial charge in [0.25, 0.3) is 0 Å². The minimum absolute atomic E-state index is 0. The number of hydrogen-bond donors (Lipinski definition) is 2. The van der Waals surface area contributed by atoms with Gasteiger partial charge in [-0.3, -0.25) is 0 Å². The Kier molecular flexibility index (Phi) is 5.35. The molecule has 1 aliphatic rings. The summed E-state index contributed by atoms with van der Waals surface area (Å²) in [4.78, 5) is 4.49. The number of nitrogens with two attached hydrogens (primary N) is 1. The van der Waals surface area contributed by atoms with Crippen molar-refractivity contribution in [3.63, 3.8) is 0 Å². The van der Waals surface area contributed by atoms with Crippen LogP contribution in [-0.2, 0) is 0 Å². The van der Waals surface area contributed by atoms with Crippen molar-refractivity contribution >= 4 is 35.6 Å². The lowest BCUT2D eigenvalue weighted by atomic mass is 10.1. The van der Waals surface area contributed by atoms with Gasteiger partial charge in [0.15, 0.2) is 0 Å². The van der Waals surface area contributed by atoms with E-state index in [1.54, 1.807) is 22.9 Å². The molecule has 0 bridgehead atoms. The third-order valence-electron chi connectivity index (χ3n) is 3.82. The molecule has 1 saturated carbocycles. The summed E-state index contributed by atoms with van der Waals surface area (Å²) < 4.78 is 1.71. The second kappa shape index (κ2) is 6.72. The van der Waals surface area contributed by atoms with Crippen LogP contribution in [0.25, 0.3) is 5.69 Å². The third-order valence-corrected chi connectivity index (χ3v) is 4.37. The highest BCUT2D eigenvalue weighted by Crippen LogP contribution is 2.35. The predicted octanol–water partition coefficient (Wildman–Crippen LogP) is 2.87. The predicted molar refractivity (Wildman–Crippen MR) is 89.3 cm³/mol. The van der Waals surface area contributed by atoms with Crippen molar-refractivity contribution in [2.45, 2.75) is 37.8 Å². The van der Waals surface area contributed by atoms with E-state index in [4.69, 9.17) is 28.9 Å². The van der Waals surface area contributed by atoms with Gasteiger partial charge in [-0.1, -0.05) is 23.2 Å². The quantitative estimate of drug-likeness (QED) is 0.860. The molecule has 8 heteroatoms. The zero-order valence-electron chi connectivity index (χ0n) is 11.9. The molecule has 0 radical (unpaired) electrons. The molecule has 0 amide bonds. The molecule has 2 aromatic rings. The van der Waals surface area contributed by atoms with Gasteiger partial charge >= 0.3 is 0 Å². The first-order chi connectivity index (χ1) is 9.95. The van der Waals surface area contributed by atoms with Crippen LogP contribution in [0.1, 0.15) is 30.4 Å². The Morgan fingerprint density at radius 3 is 2.68 bits per heavy atom. The van der Waals surface area contributed by atoms with E-state index in [1.165, 1.54) is 0 Å². The van der Waals surface area contributed by atoms with Crippen molar-refractivity contribution < 1.29 is 5.11 Å². The zero-order chi connectivity index (χ0) is 15.1. The van der Waals surface area contributed by atoms with Crippen molar-refractivity contribution in [3.05, 3.63) is 39.9 Å². The van der Waals surface area contributed by atoms with Crippen LogP contribution in [0.15, 0.2) is 18.2 Å². The highest BCUT2D eigenvalue weighted by atomic mass is 35.5. The molecule has 22 heavy (non-hydrogen) atoms. The fraction of sp³-hybridized carbons (Fsp3) is 0.429. The lowest BCUT2D eigenvalue weighted by Crippen LogP contribution is -2.28. The highest BCUT2D eigenvalue weighted by Gasteiger charge is 2.34. The smallest absolute Gasteiger partial charge is 0.148 e. The molecule has 0 spiro atoms. The van der Waals surface area contributed by atoms with Gasteiger partial charge < -0.3 is 10.8 Å². The van der Waals surface area contributed by atoms with Gasteiger partial charge in [0.05, 0.1) is 16.8 Å². The number of nitrogens with zero attached hydrogens (tertiary/aromatic N) is 3. The molecule has 1 aromatic carbocycles. The van der Waals surface area contributed by atoms with Gasteiger partial charge in [-0.05, 0) is 38.0 Å². The number of aryl methyl sites for hydroxylation is 1. The van der Waals surface area contributed by atoms with E-state index < -0.39 is 6.10 Å². The Labute approximate surface area is 144 Å². The average Bonchev–Trinajstić information content (AvgIpc) is 2.96. The summed E-state index contributed by atoms with van der Waals surface area (Å²) in [5.41, 5.74) is 6.59. The van der Waals surface area contributed by atoms with Crippen LogP contribution in [-0.4, -0.2) is 32.0 Å². The van der Waals surface area contributed by atoms with E-state index in [2.05, 4.69) is 10.1 Å². The summed E-state index contributed by atoms with van der Waals surface area (Å²) in [5.74, 6) is 1.48. The van der Waals surface area contributed by atoms with Crippen molar-refractivity contribution in [3.8, 4) is 5.69 Å². The molecule has 0 unspecified atom stereocenters. The van der Waals surface area contributed by atoms with Crippen molar-refractivity contribution in [2.24, 2.45) is 5.73 Å². The van der Waals surface area contributed by atoms with Crippen LogP contribution < -0.4 is 5.73 Å². The molecule has 1 aromatic heterocycles. The molecule has 120 valence electrons. The average molecular weight is 364 g/mol.